The van der Waals surface area contributed by atoms with Crippen LogP contribution in [0.3, 0.4) is 0 Å². The van der Waals surface area contributed by atoms with Crippen LogP contribution in [0, 0.1) is 0 Å². The van der Waals surface area contributed by atoms with E-state index in [0.717, 1.165) is 26.1 Å². The van der Waals surface area contributed by atoms with Crippen molar-refractivity contribution in [1.29, 1.82) is 0 Å². The van der Waals surface area contributed by atoms with Gasteiger partial charge in [0.05, 0.1) is 0 Å². The molecule has 19 heavy (non-hydrogen) atoms. The number of urea groups is 1. The molecule has 0 aliphatic rings. The molecule has 0 spiro atoms. The molecule has 0 saturated heterocycles. The van der Waals surface area contributed by atoms with Gasteiger partial charge in [-0.05, 0) is 19.5 Å². The smallest absolute Gasteiger partial charge is 0.323 e. The summed E-state index contributed by atoms with van der Waals surface area (Å²) in [5.41, 5.74) is 0. The molecule has 0 rings (SSSR count). The highest BCUT2D eigenvalue weighted by Crippen LogP contribution is 1.92. The van der Waals surface area contributed by atoms with Crippen molar-refractivity contribution in [3.63, 3.8) is 0 Å². The maximum atomic E-state index is 11.8. The highest BCUT2D eigenvalue weighted by molar-refractivity contribution is 5.80. The number of nitrogens with one attached hydrogen (secondary N) is 1. The second-order valence-corrected chi connectivity index (χ2v) is 4.23. The summed E-state index contributed by atoms with van der Waals surface area (Å²) in [5, 5.41) is 11.4. The fourth-order valence-electron chi connectivity index (χ4n) is 1.72. The van der Waals surface area contributed by atoms with E-state index in [1.807, 2.05) is 0 Å². The van der Waals surface area contributed by atoms with Crippen molar-refractivity contribution in [1.82, 2.24) is 15.1 Å². The van der Waals surface area contributed by atoms with Crippen LogP contribution in [0.4, 0.5) is 4.79 Å². The quantitative estimate of drug-likeness (QED) is 0.581. The summed E-state index contributed by atoms with van der Waals surface area (Å²) < 4.78 is 0. The van der Waals surface area contributed by atoms with Gasteiger partial charge in [-0.2, -0.15) is 0 Å². The summed E-state index contributed by atoms with van der Waals surface area (Å²) in [7, 11) is 0. The van der Waals surface area contributed by atoms with Crippen molar-refractivity contribution in [3.05, 3.63) is 12.7 Å². The minimum atomic E-state index is -1.03. The number of nitrogens with zero attached hydrogens (tertiary/aromatic N) is 2. The summed E-state index contributed by atoms with van der Waals surface area (Å²) in [6.07, 6.45) is 2.58. The molecule has 0 aromatic rings. The lowest BCUT2D eigenvalue weighted by atomic mass is 10.4. The predicted octanol–water partition coefficient (Wildman–Crippen LogP) is 1.00. The fourth-order valence-corrected chi connectivity index (χ4v) is 1.72. The van der Waals surface area contributed by atoms with Gasteiger partial charge in [0.2, 0.25) is 0 Å². The number of likely N-dealkylation sites (N-methyl/N-ethyl adjacent to an activating group) is 1. The van der Waals surface area contributed by atoms with Crippen LogP contribution in [0.15, 0.2) is 12.7 Å². The summed E-state index contributed by atoms with van der Waals surface area (Å²) in [6.45, 7) is 10.8. The Kier molecular flexibility index (Phi) is 9.52. The van der Waals surface area contributed by atoms with Crippen LogP contribution in [0.2, 0.25) is 0 Å². The Morgan fingerprint density at radius 1 is 1.32 bits per heavy atom. The molecule has 0 heterocycles. The molecule has 110 valence electrons. The van der Waals surface area contributed by atoms with Crippen LogP contribution in [0.5, 0.6) is 0 Å². The number of carboxylic acid groups (broad SMARTS) is 1. The third-order valence-electron chi connectivity index (χ3n) is 2.65. The van der Waals surface area contributed by atoms with E-state index in [9.17, 15) is 9.59 Å². The second-order valence-electron chi connectivity index (χ2n) is 4.23. The average molecular weight is 271 g/mol. The van der Waals surface area contributed by atoms with Crippen LogP contribution >= 0.6 is 0 Å². The Labute approximate surface area is 115 Å². The lowest BCUT2D eigenvalue weighted by molar-refractivity contribution is -0.137. The number of amides is 2. The molecule has 6 heteroatoms. The van der Waals surface area contributed by atoms with Crippen molar-refractivity contribution in [2.45, 2.75) is 20.3 Å². The molecule has 0 aliphatic heterocycles. The second kappa shape index (κ2) is 10.4. The molecular formula is C13H25N3O3. The van der Waals surface area contributed by atoms with Gasteiger partial charge in [-0.1, -0.05) is 19.9 Å². The third kappa shape index (κ3) is 8.20. The number of hydrogen-bond donors (Lipinski definition) is 2. The highest BCUT2D eigenvalue weighted by Gasteiger charge is 2.14. The Morgan fingerprint density at radius 3 is 2.47 bits per heavy atom. The van der Waals surface area contributed by atoms with Crippen molar-refractivity contribution in [2.75, 3.05) is 39.3 Å². The van der Waals surface area contributed by atoms with Crippen molar-refractivity contribution in [3.8, 4) is 0 Å². The molecule has 0 unspecified atom stereocenters. The topological polar surface area (TPSA) is 72.9 Å². The summed E-state index contributed by atoms with van der Waals surface area (Å²) in [4.78, 5) is 25.9. The summed E-state index contributed by atoms with van der Waals surface area (Å²) >= 11 is 0. The number of carboxylic acids is 1. The zero-order chi connectivity index (χ0) is 14.7. The van der Waals surface area contributed by atoms with E-state index < -0.39 is 5.97 Å². The van der Waals surface area contributed by atoms with Gasteiger partial charge in [0.1, 0.15) is 6.54 Å². The normalized spacial score (nSPS) is 10.3. The molecule has 6 nitrogen and oxygen atoms in total. The maximum absolute atomic E-state index is 11.8. The minimum Gasteiger partial charge on any atom is -0.480 e. The Hall–Kier alpha value is -1.56. The molecule has 0 aliphatic carbocycles. The monoisotopic (exact) mass is 271 g/mol. The molecule has 0 radical (unpaired) electrons. The Balaban J connectivity index is 4.10. The number of hydrogen-bond acceptors (Lipinski definition) is 3. The van der Waals surface area contributed by atoms with Gasteiger partial charge in [0.25, 0.3) is 0 Å². The third-order valence-corrected chi connectivity index (χ3v) is 2.65. The van der Waals surface area contributed by atoms with Crippen LogP contribution in [0.25, 0.3) is 0 Å². The van der Waals surface area contributed by atoms with E-state index in [0.29, 0.717) is 6.54 Å². The number of carbonyl (C=O) groups excluding carboxylic acids is 1. The lowest BCUT2D eigenvalue weighted by Crippen LogP contribution is -2.45. The van der Waals surface area contributed by atoms with Crippen molar-refractivity contribution in [2.24, 2.45) is 0 Å². The standard InChI is InChI=1S/C13H25N3O3/c1-4-8-15(6-3)10-7-14-13(19)16(9-5-2)11-12(17)18/h5H,2,4,6-11H2,1,3H3,(H,14,19)(H,17,18). The van der Waals surface area contributed by atoms with E-state index in [-0.39, 0.29) is 19.1 Å². The van der Waals surface area contributed by atoms with Crippen LogP contribution in [-0.4, -0.2) is 66.2 Å². The first-order valence-corrected chi connectivity index (χ1v) is 6.62. The SMILES string of the molecule is C=CCN(CC(=O)O)C(=O)NCCN(CC)CCC. The van der Waals surface area contributed by atoms with Crippen LogP contribution in [0.1, 0.15) is 20.3 Å². The Bertz CT molecular complexity index is 295. The molecule has 0 atom stereocenters. The van der Waals surface area contributed by atoms with Gasteiger partial charge in [-0.3, -0.25) is 4.79 Å². The molecule has 0 bridgehead atoms. The van der Waals surface area contributed by atoms with Gasteiger partial charge in [0, 0.05) is 19.6 Å². The number of carbonyl (C=O) groups is 2. The fraction of sp³-hybridized carbons (Fsp3) is 0.692. The molecule has 2 N–H and O–H groups in total. The highest BCUT2D eigenvalue weighted by atomic mass is 16.4. The first-order valence-electron chi connectivity index (χ1n) is 6.62. The first kappa shape index (κ1) is 17.4. The van der Waals surface area contributed by atoms with E-state index in [2.05, 4.69) is 30.6 Å². The van der Waals surface area contributed by atoms with Crippen molar-refractivity contribution >= 4 is 12.0 Å². The van der Waals surface area contributed by atoms with Crippen LogP contribution < -0.4 is 5.32 Å². The molecule has 0 fully saturated rings. The molecule has 0 aromatic carbocycles. The lowest BCUT2D eigenvalue weighted by Gasteiger charge is -2.22. The average Bonchev–Trinajstić information content (AvgIpc) is 2.36. The van der Waals surface area contributed by atoms with Crippen molar-refractivity contribution < 1.29 is 14.7 Å². The number of aliphatic carboxylic acids is 1. The first-order chi connectivity index (χ1) is 9.04. The van der Waals surface area contributed by atoms with Crippen LogP contribution in [-0.2, 0) is 4.79 Å². The Morgan fingerprint density at radius 2 is 2.00 bits per heavy atom. The van der Waals surface area contributed by atoms with Gasteiger partial charge in [-0.25, -0.2) is 4.79 Å². The van der Waals surface area contributed by atoms with Gasteiger partial charge >= 0.3 is 12.0 Å². The summed E-state index contributed by atoms with van der Waals surface area (Å²) in [6, 6.07) is -0.366. The van der Waals surface area contributed by atoms with Gasteiger partial charge in [-0.15, -0.1) is 6.58 Å². The predicted molar refractivity (Wildman–Crippen MR) is 75.2 cm³/mol. The largest absolute Gasteiger partial charge is 0.480 e. The summed E-state index contributed by atoms with van der Waals surface area (Å²) in [5.74, 6) is -1.03. The van der Waals surface area contributed by atoms with Gasteiger partial charge in [0.15, 0.2) is 0 Å². The molecule has 2 amide bonds. The van der Waals surface area contributed by atoms with E-state index >= 15 is 0 Å². The molecular weight excluding hydrogens is 246 g/mol. The molecule has 0 aromatic heterocycles. The number of rotatable bonds is 10. The zero-order valence-corrected chi connectivity index (χ0v) is 11.9. The zero-order valence-electron chi connectivity index (χ0n) is 11.9. The van der Waals surface area contributed by atoms with E-state index in [1.54, 1.807) is 0 Å². The van der Waals surface area contributed by atoms with Gasteiger partial charge < -0.3 is 20.2 Å². The van der Waals surface area contributed by atoms with E-state index in [4.69, 9.17) is 5.11 Å². The van der Waals surface area contributed by atoms with E-state index in [1.165, 1.54) is 11.0 Å². The molecule has 0 saturated carbocycles. The minimum absolute atomic E-state index is 0.227. The maximum Gasteiger partial charge on any atom is 0.323 e.